The Morgan fingerprint density at radius 2 is 2.33 bits per heavy atom. The smallest absolute Gasteiger partial charge is 0.0419 e. The Hall–Kier alpha value is -0.120. The third-order valence-electron chi connectivity index (χ3n) is 1.98. The molecule has 3 nitrogen and oxygen atoms in total. The van der Waals surface area contributed by atoms with Gasteiger partial charge in [-0.3, -0.25) is 0 Å². The minimum absolute atomic E-state index is 0.0885. The summed E-state index contributed by atoms with van der Waals surface area (Å²) in [5, 5.41) is 0. The van der Waals surface area contributed by atoms with Crippen LogP contribution in [-0.4, -0.2) is 37.1 Å². The average Bonchev–Trinajstić information content (AvgIpc) is 2.13. The van der Waals surface area contributed by atoms with E-state index in [1.807, 2.05) is 0 Å². The van der Waals surface area contributed by atoms with Crippen LogP contribution in [0, 0.1) is 0 Å². The van der Waals surface area contributed by atoms with E-state index in [4.69, 9.17) is 11.5 Å². The number of hydrogen-bond donors (Lipinski definition) is 2. The van der Waals surface area contributed by atoms with Gasteiger partial charge >= 0.3 is 0 Å². The van der Waals surface area contributed by atoms with E-state index < -0.39 is 0 Å². The molecule has 0 bridgehead atoms. The van der Waals surface area contributed by atoms with E-state index in [0.717, 1.165) is 19.5 Å². The summed E-state index contributed by atoms with van der Waals surface area (Å²) in [4.78, 5) is 2.22. The van der Waals surface area contributed by atoms with Crippen molar-refractivity contribution in [3.63, 3.8) is 0 Å². The molecule has 1 atom stereocenters. The predicted octanol–water partition coefficient (Wildman–Crippen LogP) is -1.02. The first-order valence-electron chi connectivity index (χ1n) is 3.34. The van der Waals surface area contributed by atoms with Crippen molar-refractivity contribution in [3.8, 4) is 0 Å². The molecule has 0 saturated carbocycles. The second kappa shape index (κ2) is 2.25. The van der Waals surface area contributed by atoms with E-state index in [1.165, 1.54) is 0 Å². The van der Waals surface area contributed by atoms with Gasteiger partial charge < -0.3 is 16.4 Å². The van der Waals surface area contributed by atoms with Crippen molar-refractivity contribution in [2.45, 2.75) is 12.0 Å². The lowest BCUT2D eigenvalue weighted by Gasteiger charge is -2.20. The SMILES string of the molecule is CN1CCC(N)(CN)C1. The summed E-state index contributed by atoms with van der Waals surface area (Å²) in [7, 11) is 2.07. The number of rotatable bonds is 1. The molecule has 9 heavy (non-hydrogen) atoms. The first kappa shape index (κ1) is 6.99. The molecule has 1 fully saturated rings. The number of likely N-dealkylation sites (N-methyl/N-ethyl adjacent to an activating group) is 1. The monoisotopic (exact) mass is 129 g/mol. The zero-order valence-corrected chi connectivity index (χ0v) is 5.93. The molecule has 0 spiro atoms. The normalized spacial score (nSPS) is 37.7. The van der Waals surface area contributed by atoms with E-state index >= 15 is 0 Å². The highest BCUT2D eigenvalue weighted by atomic mass is 15.2. The van der Waals surface area contributed by atoms with Gasteiger partial charge in [0.05, 0.1) is 0 Å². The zero-order chi connectivity index (χ0) is 6.91. The van der Waals surface area contributed by atoms with Crippen LogP contribution in [0.25, 0.3) is 0 Å². The van der Waals surface area contributed by atoms with Crippen molar-refractivity contribution >= 4 is 0 Å². The van der Waals surface area contributed by atoms with Crippen LogP contribution in [0.3, 0.4) is 0 Å². The topological polar surface area (TPSA) is 55.3 Å². The van der Waals surface area contributed by atoms with Crippen LogP contribution in [0.4, 0.5) is 0 Å². The summed E-state index contributed by atoms with van der Waals surface area (Å²) in [5.41, 5.74) is 11.3. The molecule has 1 rings (SSSR count). The summed E-state index contributed by atoms with van der Waals surface area (Å²) >= 11 is 0. The Morgan fingerprint density at radius 1 is 1.67 bits per heavy atom. The van der Waals surface area contributed by atoms with Crippen molar-refractivity contribution in [2.24, 2.45) is 11.5 Å². The van der Waals surface area contributed by atoms with Crippen LogP contribution in [0.1, 0.15) is 6.42 Å². The lowest BCUT2D eigenvalue weighted by Crippen LogP contribution is -2.48. The fourth-order valence-corrected chi connectivity index (χ4v) is 1.28. The molecule has 0 aromatic heterocycles. The van der Waals surface area contributed by atoms with Crippen LogP contribution in [0.2, 0.25) is 0 Å². The summed E-state index contributed by atoms with van der Waals surface area (Å²) in [6.45, 7) is 2.65. The Morgan fingerprint density at radius 3 is 2.56 bits per heavy atom. The Kier molecular flexibility index (Phi) is 1.75. The molecule has 0 aromatic carbocycles. The van der Waals surface area contributed by atoms with Crippen molar-refractivity contribution < 1.29 is 0 Å². The molecule has 1 aliphatic heterocycles. The molecular formula is C6H15N3. The van der Waals surface area contributed by atoms with Crippen LogP contribution in [0.5, 0.6) is 0 Å². The Balaban J connectivity index is 2.45. The molecule has 1 saturated heterocycles. The van der Waals surface area contributed by atoms with Gasteiger partial charge in [0.15, 0.2) is 0 Å². The highest BCUT2D eigenvalue weighted by Crippen LogP contribution is 2.14. The minimum atomic E-state index is -0.0885. The highest BCUT2D eigenvalue weighted by Gasteiger charge is 2.30. The quantitative estimate of drug-likeness (QED) is 0.476. The Labute approximate surface area is 56.0 Å². The molecule has 1 unspecified atom stereocenters. The molecule has 1 heterocycles. The van der Waals surface area contributed by atoms with Gasteiger partial charge in [-0.2, -0.15) is 0 Å². The van der Waals surface area contributed by atoms with Gasteiger partial charge in [0.25, 0.3) is 0 Å². The number of nitrogens with two attached hydrogens (primary N) is 2. The van der Waals surface area contributed by atoms with Gasteiger partial charge in [0.2, 0.25) is 0 Å². The highest BCUT2D eigenvalue weighted by molar-refractivity contribution is 4.93. The van der Waals surface area contributed by atoms with Crippen LogP contribution < -0.4 is 11.5 Å². The molecule has 4 N–H and O–H groups in total. The van der Waals surface area contributed by atoms with E-state index in [2.05, 4.69) is 11.9 Å². The second-order valence-corrected chi connectivity index (χ2v) is 3.05. The van der Waals surface area contributed by atoms with Crippen molar-refractivity contribution in [1.82, 2.24) is 4.90 Å². The fourth-order valence-electron chi connectivity index (χ4n) is 1.28. The summed E-state index contributed by atoms with van der Waals surface area (Å²) in [5.74, 6) is 0. The maximum Gasteiger partial charge on any atom is 0.0419 e. The standard InChI is InChI=1S/C6H15N3/c1-9-3-2-6(8,4-7)5-9/h2-5,7-8H2,1H3. The van der Waals surface area contributed by atoms with Crippen LogP contribution in [0.15, 0.2) is 0 Å². The van der Waals surface area contributed by atoms with Crippen molar-refractivity contribution in [1.29, 1.82) is 0 Å². The van der Waals surface area contributed by atoms with Gasteiger partial charge in [0, 0.05) is 18.6 Å². The first-order valence-corrected chi connectivity index (χ1v) is 3.34. The fraction of sp³-hybridized carbons (Fsp3) is 1.00. The third kappa shape index (κ3) is 1.41. The lowest BCUT2D eigenvalue weighted by molar-refractivity contribution is 0.372. The van der Waals surface area contributed by atoms with E-state index in [9.17, 15) is 0 Å². The zero-order valence-electron chi connectivity index (χ0n) is 5.93. The van der Waals surface area contributed by atoms with Crippen molar-refractivity contribution in [3.05, 3.63) is 0 Å². The maximum atomic E-state index is 5.88. The van der Waals surface area contributed by atoms with E-state index in [0.29, 0.717) is 6.54 Å². The van der Waals surface area contributed by atoms with Crippen LogP contribution in [-0.2, 0) is 0 Å². The Bertz CT molecular complexity index is 104. The maximum absolute atomic E-state index is 5.88. The average molecular weight is 129 g/mol. The predicted molar refractivity (Wildman–Crippen MR) is 38.1 cm³/mol. The van der Waals surface area contributed by atoms with E-state index in [1.54, 1.807) is 0 Å². The number of likely N-dealkylation sites (tertiary alicyclic amines) is 1. The summed E-state index contributed by atoms with van der Waals surface area (Å²) < 4.78 is 0. The largest absolute Gasteiger partial charge is 0.329 e. The molecule has 0 aliphatic carbocycles. The number of hydrogen-bond acceptors (Lipinski definition) is 3. The second-order valence-electron chi connectivity index (χ2n) is 3.05. The molecule has 0 radical (unpaired) electrons. The third-order valence-corrected chi connectivity index (χ3v) is 1.98. The van der Waals surface area contributed by atoms with Crippen LogP contribution >= 0.6 is 0 Å². The lowest BCUT2D eigenvalue weighted by atomic mass is 10.0. The van der Waals surface area contributed by atoms with Gasteiger partial charge in [-0.05, 0) is 20.0 Å². The van der Waals surface area contributed by atoms with Gasteiger partial charge in [-0.25, -0.2) is 0 Å². The summed E-state index contributed by atoms with van der Waals surface area (Å²) in [6.07, 6.45) is 1.04. The summed E-state index contributed by atoms with van der Waals surface area (Å²) in [6, 6.07) is 0. The van der Waals surface area contributed by atoms with Gasteiger partial charge in [0.1, 0.15) is 0 Å². The molecule has 3 heteroatoms. The number of nitrogens with zero attached hydrogens (tertiary/aromatic N) is 1. The molecule has 54 valence electrons. The molecule has 0 aromatic rings. The van der Waals surface area contributed by atoms with Gasteiger partial charge in [-0.15, -0.1) is 0 Å². The molecule has 1 aliphatic rings. The van der Waals surface area contributed by atoms with E-state index in [-0.39, 0.29) is 5.54 Å². The first-order chi connectivity index (χ1) is 4.16. The van der Waals surface area contributed by atoms with Crippen molar-refractivity contribution in [2.75, 3.05) is 26.7 Å². The molecule has 0 amide bonds. The molecular weight excluding hydrogens is 114 g/mol. The van der Waals surface area contributed by atoms with Gasteiger partial charge in [-0.1, -0.05) is 0 Å². The minimum Gasteiger partial charge on any atom is -0.329 e.